The van der Waals surface area contributed by atoms with Gasteiger partial charge in [0, 0.05) is 23.7 Å². The normalized spacial score (nSPS) is 10.9. The lowest BCUT2D eigenvalue weighted by atomic mass is 10.0. The molecular formula is C20H18N6O3. The summed E-state index contributed by atoms with van der Waals surface area (Å²) in [5, 5.41) is 23.2. The van der Waals surface area contributed by atoms with Crippen molar-refractivity contribution in [3.8, 4) is 22.6 Å². The molecule has 0 saturated carbocycles. The average Bonchev–Trinajstić information content (AvgIpc) is 3.40. The van der Waals surface area contributed by atoms with Crippen molar-refractivity contribution < 1.29 is 14.3 Å². The molecule has 4 aromatic rings. The van der Waals surface area contributed by atoms with Crippen molar-refractivity contribution >= 4 is 5.97 Å². The van der Waals surface area contributed by atoms with Crippen molar-refractivity contribution in [2.45, 2.75) is 26.2 Å². The van der Waals surface area contributed by atoms with Crippen LogP contribution >= 0.6 is 0 Å². The van der Waals surface area contributed by atoms with Crippen molar-refractivity contribution in [2.24, 2.45) is 0 Å². The molecule has 0 aliphatic rings. The highest BCUT2D eigenvalue weighted by Gasteiger charge is 2.18. The Morgan fingerprint density at radius 3 is 2.66 bits per heavy atom. The van der Waals surface area contributed by atoms with Crippen LogP contribution in [0.25, 0.3) is 22.6 Å². The van der Waals surface area contributed by atoms with Crippen LogP contribution in [0.1, 0.15) is 41.0 Å². The number of aromatic amines is 1. The third-order valence-electron chi connectivity index (χ3n) is 4.44. The van der Waals surface area contributed by atoms with Crippen LogP contribution in [0.15, 0.2) is 47.0 Å². The number of tetrazole rings is 1. The number of nitrogens with zero attached hydrogens (tertiary/aromatic N) is 5. The molecule has 29 heavy (non-hydrogen) atoms. The second kappa shape index (κ2) is 8.01. The number of aryl methyl sites for hydroxylation is 1. The lowest BCUT2D eigenvalue weighted by molar-refractivity contribution is 0.0652. The summed E-state index contributed by atoms with van der Waals surface area (Å²) in [6.07, 6.45) is 3.69. The van der Waals surface area contributed by atoms with E-state index in [-0.39, 0.29) is 5.89 Å². The minimum Gasteiger partial charge on any atom is -0.474 e. The largest absolute Gasteiger partial charge is 0.474 e. The van der Waals surface area contributed by atoms with Gasteiger partial charge in [-0.2, -0.15) is 0 Å². The van der Waals surface area contributed by atoms with Gasteiger partial charge in [0.25, 0.3) is 0 Å². The number of oxazole rings is 1. The summed E-state index contributed by atoms with van der Waals surface area (Å²) in [4.78, 5) is 19.8. The number of H-pyrrole nitrogens is 1. The minimum absolute atomic E-state index is 0.275. The predicted molar refractivity (Wildman–Crippen MR) is 103 cm³/mol. The molecule has 0 spiro atoms. The predicted octanol–water partition coefficient (Wildman–Crippen LogP) is 3.16. The molecule has 0 unspecified atom stereocenters. The third-order valence-corrected chi connectivity index (χ3v) is 4.44. The van der Waals surface area contributed by atoms with E-state index in [1.54, 1.807) is 6.20 Å². The van der Waals surface area contributed by atoms with Gasteiger partial charge >= 0.3 is 11.9 Å². The first-order chi connectivity index (χ1) is 14.2. The van der Waals surface area contributed by atoms with Crippen LogP contribution in [0.4, 0.5) is 0 Å². The fourth-order valence-corrected chi connectivity index (χ4v) is 3.11. The fourth-order valence-electron chi connectivity index (χ4n) is 3.11. The highest BCUT2D eigenvalue weighted by molar-refractivity contribution is 5.82. The van der Waals surface area contributed by atoms with Gasteiger partial charge in [-0.1, -0.05) is 43.7 Å². The van der Waals surface area contributed by atoms with Gasteiger partial charge in [-0.3, -0.25) is 4.98 Å². The first-order valence-corrected chi connectivity index (χ1v) is 9.16. The zero-order valence-corrected chi connectivity index (χ0v) is 15.7. The number of carbonyl (C=O) groups is 1. The van der Waals surface area contributed by atoms with Crippen LogP contribution in [0.2, 0.25) is 0 Å². The molecule has 146 valence electrons. The molecule has 0 radical (unpaired) electrons. The van der Waals surface area contributed by atoms with E-state index in [0.29, 0.717) is 30.1 Å². The number of carboxylic acid groups (broad SMARTS) is 1. The number of carboxylic acids is 1. The molecule has 0 aliphatic heterocycles. The van der Waals surface area contributed by atoms with Crippen molar-refractivity contribution in [3.05, 3.63) is 65.5 Å². The molecule has 9 nitrogen and oxygen atoms in total. The van der Waals surface area contributed by atoms with Crippen LogP contribution in [0.3, 0.4) is 0 Å². The Kier molecular flexibility index (Phi) is 5.10. The van der Waals surface area contributed by atoms with E-state index in [2.05, 4.69) is 30.6 Å². The number of hydrogen-bond donors (Lipinski definition) is 2. The summed E-state index contributed by atoms with van der Waals surface area (Å²) in [5.74, 6) is -0.311. The van der Waals surface area contributed by atoms with Crippen molar-refractivity contribution in [1.82, 2.24) is 30.6 Å². The quantitative estimate of drug-likeness (QED) is 0.492. The average molecular weight is 390 g/mol. The molecule has 0 bridgehead atoms. The van der Waals surface area contributed by atoms with Crippen LogP contribution in [-0.2, 0) is 12.8 Å². The molecule has 2 N–H and O–H groups in total. The Morgan fingerprint density at radius 2 is 2.00 bits per heavy atom. The summed E-state index contributed by atoms with van der Waals surface area (Å²) in [6, 6.07) is 11.6. The van der Waals surface area contributed by atoms with Crippen molar-refractivity contribution in [1.29, 1.82) is 0 Å². The van der Waals surface area contributed by atoms with Gasteiger partial charge in [0.05, 0.1) is 11.4 Å². The van der Waals surface area contributed by atoms with E-state index >= 15 is 0 Å². The van der Waals surface area contributed by atoms with Gasteiger partial charge in [-0.25, -0.2) is 14.9 Å². The minimum atomic E-state index is -1.17. The highest BCUT2D eigenvalue weighted by Crippen LogP contribution is 2.28. The van der Waals surface area contributed by atoms with E-state index in [1.807, 2.05) is 43.3 Å². The first-order valence-electron chi connectivity index (χ1n) is 9.16. The maximum atomic E-state index is 11.2. The number of hydrogen-bond acceptors (Lipinski definition) is 7. The van der Waals surface area contributed by atoms with Gasteiger partial charge in [-0.05, 0) is 28.5 Å². The Labute approximate surface area is 165 Å². The van der Waals surface area contributed by atoms with Gasteiger partial charge < -0.3 is 9.52 Å². The van der Waals surface area contributed by atoms with Gasteiger partial charge in [0.2, 0.25) is 0 Å². The number of aromatic carboxylic acids is 1. The molecule has 4 rings (SSSR count). The molecule has 3 aromatic heterocycles. The molecule has 0 atom stereocenters. The van der Waals surface area contributed by atoms with Crippen molar-refractivity contribution in [3.63, 3.8) is 0 Å². The monoisotopic (exact) mass is 390 g/mol. The summed E-state index contributed by atoms with van der Waals surface area (Å²) >= 11 is 0. The van der Waals surface area contributed by atoms with Crippen LogP contribution in [-0.4, -0.2) is 41.7 Å². The molecule has 0 saturated heterocycles. The molecule has 0 aliphatic carbocycles. The summed E-state index contributed by atoms with van der Waals surface area (Å²) < 4.78 is 5.45. The second-order valence-corrected chi connectivity index (χ2v) is 6.47. The lowest BCUT2D eigenvalue weighted by Gasteiger charge is -2.07. The summed E-state index contributed by atoms with van der Waals surface area (Å²) in [6.45, 7) is 2.01. The third kappa shape index (κ3) is 3.88. The van der Waals surface area contributed by atoms with E-state index in [4.69, 9.17) is 9.52 Å². The number of aromatic nitrogens is 6. The Bertz CT molecular complexity index is 1120. The Hall–Kier alpha value is -3.88. The highest BCUT2D eigenvalue weighted by atomic mass is 16.4. The maximum absolute atomic E-state index is 11.2. The van der Waals surface area contributed by atoms with E-state index in [0.717, 1.165) is 28.8 Å². The summed E-state index contributed by atoms with van der Waals surface area (Å²) in [7, 11) is 0. The number of rotatable bonds is 7. The molecule has 1 aromatic carbocycles. The maximum Gasteiger partial charge on any atom is 0.392 e. The SMILES string of the molecule is CCCc1nc(C(=O)O)oc1Cc1ccc(-c2ccccc2-c2nnn[nH]2)nc1. The smallest absolute Gasteiger partial charge is 0.392 e. The Morgan fingerprint density at radius 1 is 1.17 bits per heavy atom. The van der Waals surface area contributed by atoms with Gasteiger partial charge in [0.15, 0.2) is 5.82 Å². The van der Waals surface area contributed by atoms with Crippen LogP contribution < -0.4 is 0 Å². The zero-order chi connectivity index (χ0) is 20.2. The number of nitrogens with one attached hydrogen (secondary N) is 1. The molecule has 0 amide bonds. The summed E-state index contributed by atoms with van der Waals surface area (Å²) in [5.41, 5.74) is 4.11. The fraction of sp³-hybridized carbons (Fsp3) is 0.200. The van der Waals surface area contributed by atoms with E-state index in [9.17, 15) is 4.79 Å². The molecule has 3 heterocycles. The van der Waals surface area contributed by atoms with E-state index < -0.39 is 5.97 Å². The molecule has 9 heteroatoms. The lowest BCUT2D eigenvalue weighted by Crippen LogP contribution is -1.96. The Balaban J connectivity index is 1.61. The molecule has 0 fully saturated rings. The zero-order valence-electron chi connectivity index (χ0n) is 15.7. The molecular weight excluding hydrogens is 372 g/mol. The van der Waals surface area contributed by atoms with E-state index in [1.165, 1.54) is 0 Å². The second-order valence-electron chi connectivity index (χ2n) is 6.47. The van der Waals surface area contributed by atoms with Gasteiger partial charge in [0.1, 0.15) is 5.76 Å². The van der Waals surface area contributed by atoms with Crippen LogP contribution in [0, 0.1) is 0 Å². The number of benzene rings is 1. The topological polar surface area (TPSA) is 131 Å². The number of pyridine rings is 1. The van der Waals surface area contributed by atoms with Crippen molar-refractivity contribution in [2.75, 3.05) is 0 Å². The van der Waals surface area contributed by atoms with Gasteiger partial charge in [-0.15, -0.1) is 5.10 Å². The standard InChI is InChI=1S/C20H18N6O3/c1-2-5-16-17(29-19(22-16)20(27)28)10-12-8-9-15(21-11-12)13-6-3-4-7-14(13)18-23-25-26-24-18/h3-4,6-9,11H,2,5,10H2,1H3,(H,27,28)(H,23,24,25,26). The first kappa shape index (κ1) is 18.5. The van der Waals surface area contributed by atoms with Crippen LogP contribution in [0.5, 0.6) is 0 Å².